The van der Waals surface area contributed by atoms with Gasteiger partial charge in [-0.2, -0.15) is 0 Å². The minimum absolute atomic E-state index is 0.0371. The Balaban J connectivity index is 1.47. The molecule has 6 rings (SSSR count). The fourth-order valence-corrected chi connectivity index (χ4v) is 5.11. The van der Waals surface area contributed by atoms with Crippen LogP contribution in [0.4, 0.5) is 5.69 Å². The Bertz CT molecular complexity index is 1530. The average molecular weight is 453 g/mol. The third-order valence-electron chi connectivity index (χ3n) is 6.95. The fraction of sp³-hybridized carbons (Fsp3) is 0.259. The number of anilines is 1. The minimum Gasteiger partial charge on any atom is -0.369 e. The molecule has 1 aliphatic rings. The Labute approximate surface area is 197 Å². The molecule has 5 aromatic rings. The summed E-state index contributed by atoms with van der Waals surface area (Å²) in [5.41, 5.74) is 8.42. The molecule has 0 radical (unpaired) electrons. The van der Waals surface area contributed by atoms with Crippen LogP contribution >= 0.6 is 0 Å². The number of carbonyl (C=O) groups is 1. The number of ketones is 1. The number of rotatable bonds is 4. The molecule has 7 heteroatoms. The van der Waals surface area contributed by atoms with Gasteiger partial charge in [-0.15, -0.1) is 0 Å². The molecule has 0 amide bonds. The van der Waals surface area contributed by atoms with Gasteiger partial charge in [-0.3, -0.25) is 4.79 Å². The van der Waals surface area contributed by atoms with Crippen LogP contribution in [0.15, 0.2) is 48.7 Å². The average Bonchev–Trinajstić information content (AvgIpc) is 3.54. The van der Waals surface area contributed by atoms with E-state index in [-0.39, 0.29) is 5.78 Å². The number of imidazole rings is 1. The molecular formula is C27H28N6O. The van der Waals surface area contributed by atoms with E-state index < -0.39 is 0 Å². The molecule has 0 unspecified atom stereocenters. The third-order valence-corrected chi connectivity index (χ3v) is 6.95. The zero-order valence-corrected chi connectivity index (χ0v) is 19.7. The van der Waals surface area contributed by atoms with Gasteiger partial charge in [0.1, 0.15) is 0 Å². The van der Waals surface area contributed by atoms with Crippen molar-refractivity contribution in [3.8, 4) is 22.6 Å². The highest BCUT2D eigenvalue weighted by Gasteiger charge is 2.23. The second-order valence-corrected chi connectivity index (χ2v) is 9.29. The SMILES string of the molecule is CC(=O)c1c(C)[nH]c(-c2nc3ccc(N4CCN(C)CC4)cc3[nH]2)c1-c1ccc2cc[nH]c2c1. The van der Waals surface area contributed by atoms with Crippen LogP contribution in [0.3, 0.4) is 0 Å². The molecule has 34 heavy (non-hydrogen) atoms. The molecular weight excluding hydrogens is 424 g/mol. The third kappa shape index (κ3) is 3.40. The molecule has 0 aliphatic carbocycles. The summed E-state index contributed by atoms with van der Waals surface area (Å²) in [5, 5.41) is 1.14. The summed E-state index contributed by atoms with van der Waals surface area (Å²) in [5.74, 6) is 0.776. The van der Waals surface area contributed by atoms with Crippen LogP contribution in [0.25, 0.3) is 44.6 Å². The van der Waals surface area contributed by atoms with Crippen LogP contribution in [-0.2, 0) is 0 Å². The Morgan fingerprint density at radius 2 is 1.79 bits per heavy atom. The Morgan fingerprint density at radius 1 is 0.971 bits per heavy atom. The van der Waals surface area contributed by atoms with Crippen molar-refractivity contribution in [2.45, 2.75) is 13.8 Å². The number of nitrogens with zero attached hydrogens (tertiary/aromatic N) is 3. The van der Waals surface area contributed by atoms with E-state index in [1.165, 1.54) is 5.69 Å². The number of hydrogen-bond acceptors (Lipinski definition) is 4. The van der Waals surface area contributed by atoms with Gasteiger partial charge in [0.2, 0.25) is 0 Å². The first kappa shape index (κ1) is 20.7. The van der Waals surface area contributed by atoms with E-state index in [9.17, 15) is 4.79 Å². The molecule has 172 valence electrons. The van der Waals surface area contributed by atoms with Gasteiger partial charge in [0.25, 0.3) is 0 Å². The minimum atomic E-state index is 0.0371. The Kier molecular flexibility index (Phi) is 4.81. The first-order valence-corrected chi connectivity index (χ1v) is 11.7. The summed E-state index contributed by atoms with van der Waals surface area (Å²) < 4.78 is 0. The standard InChI is InChI=1S/C27H28N6O/c1-16-24(17(2)34)25(19-5-4-18-8-9-28-22(18)14-19)26(29-16)27-30-21-7-6-20(15-23(21)31-27)33-12-10-32(3)11-13-33/h4-9,14-15,28-29H,10-13H2,1-3H3,(H,30,31). The lowest BCUT2D eigenvalue weighted by atomic mass is 9.97. The highest BCUT2D eigenvalue weighted by atomic mass is 16.1. The molecule has 4 heterocycles. The summed E-state index contributed by atoms with van der Waals surface area (Å²) in [7, 11) is 2.17. The summed E-state index contributed by atoms with van der Waals surface area (Å²) in [4.78, 5) is 32.6. The highest BCUT2D eigenvalue weighted by Crippen LogP contribution is 2.38. The monoisotopic (exact) mass is 452 g/mol. The lowest BCUT2D eigenvalue weighted by Crippen LogP contribution is -2.44. The van der Waals surface area contributed by atoms with Gasteiger partial charge < -0.3 is 24.8 Å². The normalized spacial score (nSPS) is 15.0. The van der Waals surface area contributed by atoms with Crippen molar-refractivity contribution in [3.63, 3.8) is 0 Å². The predicted octanol–water partition coefficient (Wildman–Crippen LogP) is 4.97. The van der Waals surface area contributed by atoms with E-state index in [1.54, 1.807) is 6.92 Å². The number of aromatic nitrogens is 4. The lowest BCUT2D eigenvalue weighted by Gasteiger charge is -2.34. The van der Waals surface area contributed by atoms with Gasteiger partial charge in [-0.1, -0.05) is 12.1 Å². The lowest BCUT2D eigenvalue weighted by molar-refractivity contribution is 0.101. The predicted molar refractivity (Wildman–Crippen MR) is 138 cm³/mol. The van der Waals surface area contributed by atoms with Crippen LogP contribution in [0.5, 0.6) is 0 Å². The molecule has 0 atom stereocenters. The second kappa shape index (κ2) is 7.88. The van der Waals surface area contributed by atoms with Gasteiger partial charge in [0.05, 0.1) is 16.7 Å². The van der Waals surface area contributed by atoms with E-state index in [1.807, 2.05) is 19.2 Å². The second-order valence-electron chi connectivity index (χ2n) is 9.29. The van der Waals surface area contributed by atoms with Crippen molar-refractivity contribution in [1.29, 1.82) is 0 Å². The Hall–Kier alpha value is -3.84. The first-order valence-electron chi connectivity index (χ1n) is 11.7. The number of hydrogen-bond donors (Lipinski definition) is 3. The van der Waals surface area contributed by atoms with Crippen molar-refractivity contribution < 1.29 is 4.79 Å². The maximum atomic E-state index is 12.7. The van der Waals surface area contributed by atoms with Gasteiger partial charge in [-0.25, -0.2) is 4.98 Å². The van der Waals surface area contributed by atoms with Crippen molar-refractivity contribution in [3.05, 3.63) is 59.9 Å². The van der Waals surface area contributed by atoms with E-state index in [0.717, 1.165) is 76.5 Å². The van der Waals surface area contributed by atoms with Crippen LogP contribution in [0.1, 0.15) is 23.0 Å². The van der Waals surface area contributed by atoms with E-state index in [2.05, 4.69) is 68.2 Å². The van der Waals surface area contributed by atoms with E-state index >= 15 is 0 Å². The van der Waals surface area contributed by atoms with Crippen molar-refractivity contribution in [1.82, 2.24) is 24.8 Å². The number of nitrogens with one attached hydrogen (secondary N) is 3. The number of likely N-dealkylation sites (N-methyl/N-ethyl adjacent to an activating group) is 1. The number of aromatic amines is 3. The molecule has 1 fully saturated rings. The van der Waals surface area contributed by atoms with Crippen LogP contribution in [0, 0.1) is 6.92 Å². The van der Waals surface area contributed by atoms with Gasteiger partial charge in [-0.05, 0) is 62.2 Å². The molecule has 3 N–H and O–H groups in total. The molecule has 0 saturated carbocycles. The van der Waals surface area contributed by atoms with Gasteiger partial charge in [0.15, 0.2) is 11.6 Å². The number of H-pyrrole nitrogens is 3. The number of piperazine rings is 1. The molecule has 2 aromatic carbocycles. The largest absolute Gasteiger partial charge is 0.369 e. The Morgan fingerprint density at radius 3 is 2.59 bits per heavy atom. The van der Waals surface area contributed by atoms with Crippen molar-refractivity contribution in [2.75, 3.05) is 38.1 Å². The summed E-state index contributed by atoms with van der Waals surface area (Å²) in [6, 6.07) is 14.7. The van der Waals surface area contributed by atoms with E-state index in [0.29, 0.717) is 5.56 Å². The smallest absolute Gasteiger partial charge is 0.162 e. The number of carbonyl (C=O) groups excluding carboxylic acids is 1. The fourth-order valence-electron chi connectivity index (χ4n) is 5.11. The molecule has 7 nitrogen and oxygen atoms in total. The molecule has 0 spiro atoms. The van der Waals surface area contributed by atoms with Crippen LogP contribution < -0.4 is 4.90 Å². The van der Waals surface area contributed by atoms with Gasteiger partial charge in [0, 0.05) is 60.4 Å². The topological polar surface area (TPSA) is 83.8 Å². The summed E-state index contributed by atoms with van der Waals surface area (Å²) in [6.45, 7) is 7.74. The summed E-state index contributed by atoms with van der Waals surface area (Å²) >= 11 is 0. The number of aryl methyl sites for hydroxylation is 1. The molecule has 1 saturated heterocycles. The molecule has 0 bridgehead atoms. The zero-order chi connectivity index (χ0) is 23.4. The number of fused-ring (bicyclic) bond motifs is 2. The number of Topliss-reactive ketones (excluding diaryl/α,β-unsaturated/α-hetero) is 1. The number of benzene rings is 2. The van der Waals surface area contributed by atoms with Crippen LogP contribution in [0.2, 0.25) is 0 Å². The first-order chi connectivity index (χ1) is 16.5. The van der Waals surface area contributed by atoms with Crippen molar-refractivity contribution in [2.24, 2.45) is 0 Å². The molecule has 1 aliphatic heterocycles. The molecule has 3 aromatic heterocycles. The van der Waals surface area contributed by atoms with E-state index in [4.69, 9.17) is 4.98 Å². The van der Waals surface area contributed by atoms with Crippen LogP contribution in [-0.4, -0.2) is 63.8 Å². The quantitative estimate of drug-likeness (QED) is 0.336. The van der Waals surface area contributed by atoms with Crippen molar-refractivity contribution >= 4 is 33.4 Å². The maximum absolute atomic E-state index is 12.7. The highest BCUT2D eigenvalue weighted by molar-refractivity contribution is 6.06. The zero-order valence-electron chi connectivity index (χ0n) is 19.7. The summed E-state index contributed by atoms with van der Waals surface area (Å²) in [6.07, 6.45) is 1.93. The maximum Gasteiger partial charge on any atom is 0.162 e. The van der Waals surface area contributed by atoms with Gasteiger partial charge >= 0.3 is 0 Å².